The number of ether oxygens (including phenoxy) is 1. The van der Waals surface area contributed by atoms with Gasteiger partial charge in [-0.1, -0.05) is 12.1 Å². The third-order valence-corrected chi connectivity index (χ3v) is 3.60. The van der Waals surface area contributed by atoms with Crippen LogP contribution < -0.4 is 5.32 Å². The van der Waals surface area contributed by atoms with Gasteiger partial charge in [-0.2, -0.15) is 0 Å². The van der Waals surface area contributed by atoms with Crippen molar-refractivity contribution in [1.29, 1.82) is 0 Å². The van der Waals surface area contributed by atoms with E-state index in [9.17, 15) is 9.90 Å². The molecule has 1 aromatic rings. The molecule has 0 spiro atoms. The van der Waals surface area contributed by atoms with Gasteiger partial charge in [-0.25, -0.2) is 0 Å². The molecule has 0 saturated carbocycles. The molecule has 0 aliphatic carbocycles. The van der Waals surface area contributed by atoms with E-state index in [1.54, 1.807) is 12.1 Å². The molecule has 0 aromatic heterocycles. The smallest absolute Gasteiger partial charge is 0.237 e. The Bertz CT molecular complexity index is 444. The number of hydrogen-bond acceptors (Lipinski definition) is 4. The second kappa shape index (κ2) is 7.26. The molecular formula is C15H22N2O3. The van der Waals surface area contributed by atoms with Crippen molar-refractivity contribution in [2.45, 2.75) is 19.4 Å². The number of carbonyl (C=O) groups is 1. The summed E-state index contributed by atoms with van der Waals surface area (Å²) < 4.78 is 5.28. The first-order valence-corrected chi connectivity index (χ1v) is 7.04. The minimum absolute atomic E-state index is 0.0482. The quantitative estimate of drug-likeness (QED) is 0.835. The Labute approximate surface area is 119 Å². The van der Waals surface area contributed by atoms with E-state index in [-0.39, 0.29) is 17.7 Å². The first-order chi connectivity index (χ1) is 9.66. The van der Waals surface area contributed by atoms with Gasteiger partial charge in [0.15, 0.2) is 0 Å². The maximum Gasteiger partial charge on any atom is 0.237 e. The topological polar surface area (TPSA) is 61.8 Å². The Morgan fingerprint density at radius 3 is 2.90 bits per heavy atom. The number of rotatable bonds is 5. The van der Waals surface area contributed by atoms with Crippen molar-refractivity contribution < 1.29 is 14.6 Å². The lowest BCUT2D eigenvalue weighted by molar-refractivity contribution is -0.127. The summed E-state index contributed by atoms with van der Waals surface area (Å²) in [6.07, 6.45) is 0.718. The first-order valence-electron chi connectivity index (χ1n) is 7.04. The van der Waals surface area contributed by atoms with Crippen molar-refractivity contribution >= 4 is 5.91 Å². The molecule has 110 valence electrons. The number of benzene rings is 1. The molecule has 1 unspecified atom stereocenters. The summed E-state index contributed by atoms with van der Waals surface area (Å²) in [5.41, 5.74) is 1.02. The largest absolute Gasteiger partial charge is 0.508 e. The highest BCUT2D eigenvalue weighted by molar-refractivity contribution is 5.81. The van der Waals surface area contributed by atoms with Gasteiger partial charge in [0.1, 0.15) is 5.75 Å². The average molecular weight is 278 g/mol. The van der Waals surface area contributed by atoms with Crippen LogP contribution in [0.4, 0.5) is 0 Å². The summed E-state index contributed by atoms with van der Waals surface area (Å²) in [5, 5.41) is 12.3. The predicted molar refractivity (Wildman–Crippen MR) is 76.7 cm³/mol. The van der Waals surface area contributed by atoms with Gasteiger partial charge in [-0.05, 0) is 31.0 Å². The lowest BCUT2D eigenvalue weighted by atomic mass is 10.1. The zero-order valence-electron chi connectivity index (χ0n) is 11.8. The van der Waals surface area contributed by atoms with Crippen LogP contribution in [0.2, 0.25) is 0 Å². The Morgan fingerprint density at radius 2 is 2.20 bits per heavy atom. The monoisotopic (exact) mass is 278 g/mol. The second-order valence-corrected chi connectivity index (χ2v) is 5.04. The fraction of sp³-hybridized carbons (Fsp3) is 0.533. The zero-order valence-corrected chi connectivity index (χ0v) is 11.8. The normalized spacial score (nSPS) is 17.6. The molecule has 1 aliphatic rings. The number of aromatic hydroxyl groups is 1. The van der Waals surface area contributed by atoms with Crippen LogP contribution in [0.3, 0.4) is 0 Å². The Balaban J connectivity index is 1.74. The molecule has 1 aromatic carbocycles. The summed E-state index contributed by atoms with van der Waals surface area (Å²) >= 11 is 0. The molecule has 2 N–H and O–H groups in total. The maximum absolute atomic E-state index is 12.1. The molecule has 1 fully saturated rings. The number of nitrogens with zero attached hydrogens (tertiary/aromatic N) is 1. The van der Waals surface area contributed by atoms with Crippen molar-refractivity contribution in [2.24, 2.45) is 0 Å². The number of hydrogen-bond donors (Lipinski definition) is 2. The van der Waals surface area contributed by atoms with Crippen LogP contribution in [0.1, 0.15) is 12.5 Å². The van der Waals surface area contributed by atoms with Gasteiger partial charge in [0.05, 0.1) is 19.3 Å². The zero-order chi connectivity index (χ0) is 14.4. The minimum Gasteiger partial charge on any atom is -0.508 e. The van der Waals surface area contributed by atoms with Crippen LogP contribution in [0.25, 0.3) is 0 Å². The van der Waals surface area contributed by atoms with E-state index in [2.05, 4.69) is 10.2 Å². The van der Waals surface area contributed by atoms with Crippen molar-refractivity contribution in [1.82, 2.24) is 10.2 Å². The lowest BCUT2D eigenvalue weighted by Gasteiger charge is -2.31. The highest BCUT2D eigenvalue weighted by atomic mass is 16.5. The second-order valence-electron chi connectivity index (χ2n) is 5.04. The molecule has 2 rings (SSSR count). The van der Waals surface area contributed by atoms with Crippen LogP contribution in [-0.2, 0) is 16.0 Å². The molecule has 1 aliphatic heterocycles. The number of carbonyl (C=O) groups excluding carboxylic acids is 1. The van der Waals surface area contributed by atoms with Crippen molar-refractivity contribution in [2.75, 3.05) is 32.8 Å². The van der Waals surface area contributed by atoms with Gasteiger partial charge in [-0.3, -0.25) is 9.69 Å². The van der Waals surface area contributed by atoms with E-state index < -0.39 is 0 Å². The van der Waals surface area contributed by atoms with Gasteiger partial charge >= 0.3 is 0 Å². The molecule has 5 nitrogen and oxygen atoms in total. The predicted octanol–water partition coefficient (Wildman–Crippen LogP) is 0.772. The van der Waals surface area contributed by atoms with E-state index in [4.69, 9.17) is 4.74 Å². The van der Waals surface area contributed by atoms with E-state index in [0.717, 1.165) is 25.1 Å². The van der Waals surface area contributed by atoms with Crippen LogP contribution in [-0.4, -0.2) is 54.8 Å². The number of nitrogens with one attached hydrogen (secondary N) is 1. The summed E-state index contributed by atoms with van der Waals surface area (Å²) in [6, 6.07) is 6.99. The molecule has 1 heterocycles. The molecule has 1 saturated heterocycles. The van der Waals surface area contributed by atoms with Crippen LogP contribution >= 0.6 is 0 Å². The van der Waals surface area contributed by atoms with Crippen LogP contribution in [0.5, 0.6) is 5.75 Å². The maximum atomic E-state index is 12.1. The standard InChI is InChI=1S/C15H22N2O3/c1-12(17-7-9-20-10-8-17)15(19)16-6-5-13-3-2-4-14(18)11-13/h2-4,11-12,18H,5-10H2,1H3,(H,16,19). The molecule has 20 heavy (non-hydrogen) atoms. The van der Waals surface area contributed by atoms with Crippen molar-refractivity contribution in [3.8, 4) is 5.75 Å². The molecule has 1 amide bonds. The van der Waals surface area contributed by atoms with Crippen LogP contribution in [0, 0.1) is 0 Å². The van der Waals surface area contributed by atoms with Crippen LogP contribution in [0.15, 0.2) is 24.3 Å². The van der Waals surface area contributed by atoms with Gasteiger partial charge < -0.3 is 15.2 Å². The van der Waals surface area contributed by atoms with E-state index >= 15 is 0 Å². The highest BCUT2D eigenvalue weighted by Gasteiger charge is 2.22. The van der Waals surface area contributed by atoms with E-state index in [1.807, 2.05) is 19.1 Å². The number of amides is 1. The minimum atomic E-state index is -0.122. The third-order valence-electron chi connectivity index (χ3n) is 3.60. The number of phenols is 1. The average Bonchev–Trinajstić information content (AvgIpc) is 2.47. The molecule has 0 radical (unpaired) electrons. The van der Waals surface area contributed by atoms with Gasteiger partial charge in [0.25, 0.3) is 0 Å². The summed E-state index contributed by atoms with van der Waals surface area (Å²) in [4.78, 5) is 14.2. The number of phenolic OH excluding ortho intramolecular Hbond substituents is 1. The summed E-state index contributed by atoms with van der Waals surface area (Å²) in [7, 11) is 0. The van der Waals surface area contributed by atoms with E-state index in [1.165, 1.54) is 0 Å². The fourth-order valence-corrected chi connectivity index (χ4v) is 2.32. The molecule has 5 heteroatoms. The van der Waals surface area contributed by atoms with Gasteiger partial charge in [0, 0.05) is 19.6 Å². The van der Waals surface area contributed by atoms with E-state index in [0.29, 0.717) is 19.8 Å². The van der Waals surface area contributed by atoms with Gasteiger partial charge in [0.2, 0.25) is 5.91 Å². The van der Waals surface area contributed by atoms with Gasteiger partial charge in [-0.15, -0.1) is 0 Å². The van der Waals surface area contributed by atoms with Crippen molar-refractivity contribution in [3.05, 3.63) is 29.8 Å². The summed E-state index contributed by atoms with van der Waals surface area (Å²) in [6.45, 7) is 5.51. The Hall–Kier alpha value is -1.59. The highest BCUT2D eigenvalue weighted by Crippen LogP contribution is 2.11. The molecule has 0 bridgehead atoms. The third kappa shape index (κ3) is 4.21. The Morgan fingerprint density at radius 1 is 1.45 bits per heavy atom. The number of morpholine rings is 1. The SMILES string of the molecule is CC(C(=O)NCCc1cccc(O)c1)N1CCOCC1. The first kappa shape index (κ1) is 14.8. The molecular weight excluding hydrogens is 256 g/mol. The fourth-order valence-electron chi connectivity index (χ4n) is 2.32. The lowest BCUT2D eigenvalue weighted by Crippen LogP contribution is -2.49. The Kier molecular flexibility index (Phi) is 5.38. The van der Waals surface area contributed by atoms with Crippen molar-refractivity contribution in [3.63, 3.8) is 0 Å². The molecule has 1 atom stereocenters. The summed E-state index contributed by atoms with van der Waals surface area (Å²) in [5.74, 6) is 0.308.